The number of alkyl halides is 3. The van der Waals surface area contributed by atoms with Crippen LogP contribution in [0.3, 0.4) is 0 Å². The van der Waals surface area contributed by atoms with Crippen LogP contribution in [0.25, 0.3) is 10.9 Å². The highest BCUT2D eigenvalue weighted by atomic mass is 19.4. The first-order valence-electron chi connectivity index (χ1n) is 8.03. The van der Waals surface area contributed by atoms with E-state index in [1.807, 2.05) is 0 Å². The summed E-state index contributed by atoms with van der Waals surface area (Å²) in [5.74, 6) is -1.57. The minimum absolute atomic E-state index is 0.0203. The molecule has 0 saturated carbocycles. The van der Waals surface area contributed by atoms with Gasteiger partial charge in [-0.25, -0.2) is 0 Å². The van der Waals surface area contributed by atoms with E-state index in [1.165, 1.54) is 42.5 Å². The predicted octanol–water partition coefficient (Wildman–Crippen LogP) is 3.02. The number of anilines is 1. The first-order chi connectivity index (χ1) is 13.6. The fourth-order valence-corrected chi connectivity index (χ4v) is 2.47. The summed E-state index contributed by atoms with van der Waals surface area (Å²) in [6.07, 6.45) is -4.52. The number of hydrogen-bond donors (Lipinski definition) is 3. The summed E-state index contributed by atoms with van der Waals surface area (Å²) in [6.45, 7) is -1.46. The molecule has 150 valence electrons. The van der Waals surface area contributed by atoms with E-state index >= 15 is 0 Å². The van der Waals surface area contributed by atoms with Crippen LogP contribution in [0.2, 0.25) is 0 Å². The molecule has 12 heteroatoms. The fourth-order valence-electron chi connectivity index (χ4n) is 2.47. The molecule has 2 aromatic carbocycles. The van der Waals surface area contributed by atoms with Gasteiger partial charge in [-0.15, -0.1) is 0 Å². The predicted molar refractivity (Wildman–Crippen MR) is 95.5 cm³/mol. The molecule has 0 aliphatic carbocycles. The first-order valence-corrected chi connectivity index (χ1v) is 8.03. The molecule has 1 aromatic heterocycles. The van der Waals surface area contributed by atoms with Crippen molar-refractivity contribution in [3.8, 4) is 0 Å². The Hall–Kier alpha value is -3.96. The van der Waals surface area contributed by atoms with E-state index in [2.05, 4.69) is 15.5 Å². The summed E-state index contributed by atoms with van der Waals surface area (Å²) in [5.41, 5.74) is 0.382. The molecule has 0 unspecified atom stereocenters. The second-order valence-electron chi connectivity index (χ2n) is 5.89. The molecule has 0 radical (unpaired) electrons. The second-order valence-corrected chi connectivity index (χ2v) is 5.89. The lowest BCUT2D eigenvalue weighted by molar-refractivity contribution is -0.384. The SMILES string of the molecule is O=C(NCC(F)(F)F)c1ccc(NC(=O)c2n[nH]c3ccc([N+](=O)[O-])cc23)cc1. The molecule has 0 aliphatic heterocycles. The largest absolute Gasteiger partial charge is 0.405 e. The topological polar surface area (TPSA) is 130 Å². The Kier molecular flexibility index (Phi) is 5.17. The van der Waals surface area contributed by atoms with Gasteiger partial charge in [0, 0.05) is 28.8 Å². The van der Waals surface area contributed by atoms with Gasteiger partial charge < -0.3 is 10.6 Å². The Morgan fingerprint density at radius 2 is 1.79 bits per heavy atom. The van der Waals surface area contributed by atoms with E-state index in [0.717, 1.165) is 0 Å². The number of fused-ring (bicyclic) bond motifs is 1. The third-order valence-electron chi connectivity index (χ3n) is 3.83. The summed E-state index contributed by atoms with van der Waals surface area (Å²) in [7, 11) is 0. The third kappa shape index (κ3) is 4.66. The minimum Gasteiger partial charge on any atom is -0.343 e. The van der Waals surface area contributed by atoms with Crippen LogP contribution in [-0.2, 0) is 0 Å². The highest BCUT2D eigenvalue weighted by Crippen LogP contribution is 2.23. The Morgan fingerprint density at radius 3 is 2.41 bits per heavy atom. The number of nitrogens with zero attached hydrogens (tertiary/aromatic N) is 2. The van der Waals surface area contributed by atoms with E-state index in [1.54, 1.807) is 5.32 Å². The molecule has 0 fully saturated rings. The zero-order chi connectivity index (χ0) is 21.2. The van der Waals surface area contributed by atoms with Gasteiger partial charge in [-0.05, 0) is 30.3 Å². The minimum atomic E-state index is -4.52. The van der Waals surface area contributed by atoms with Crippen LogP contribution in [0.1, 0.15) is 20.8 Å². The molecule has 0 saturated heterocycles. The molecule has 29 heavy (non-hydrogen) atoms. The van der Waals surface area contributed by atoms with Crippen LogP contribution >= 0.6 is 0 Å². The van der Waals surface area contributed by atoms with Gasteiger partial charge in [-0.3, -0.25) is 24.8 Å². The Bertz CT molecular complexity index is 1090. The molecule has 3 aromatic rings. The maximum absolute atomic E-state index is 12.4. The number of aromatic nitrogens is 2. The standard InChI is InChI=1S/C17H12F3N5O4/c18-17(19,20)8-21-15(26)9-1-3-10(4-2-9)22-16(27)14-12-7-11(25(28)29)5-6-13(12)23-24-14/h1-7H,8H2,(H,21,26)(H,22,27)(H,23,24). The Balaban J connectivity index is 1.73. The number of carbonyl (C=O) groups excluding carboxylic acids is 2. The molecule has 9 nitrogen and oxygen atoms in total. The molecule has 1 heterocycles. The van der Waals surface area contributed by atoms with Crippen molar-refractivity contribution in [1.82, 2.24) is 15.5 Å². The number of rotatable bonds is 5. The van der Waals surface area contributed by atoms with Gasteiger partial charge in [0.15, 0.2) is 5.69 Å². The number of nitro benzene ring substituents is 1. The number of non-ortho nitro benzene ring substituents is 1. The molecule has 0 spiro atoms. The molecule has 0 bridgehead atoms. The number of benzene rings is 2. The number of halogens is 3. The summed E-state index contributed by atoms with van der Waals surface area (Å²) < 4.78 is 36.4. The molecule has 0 aliphatic rings. The summed E-state index contributed by atoms with van der Waals surface area (Å²) >= 11 is 0. The van der Waals surface area contributed by atoms with Crippen LogP contribution in [-0.4, -0.2) is 39.7 Å². The molecule has 3 rings (SSSR count). The number of H-pyrrole nitrogens is 1. The van der Waals surface area contributed by atoms with Gasteiger partial charge >= 0.3 is 6.18 Å². The third-order valence-corrected chi connectivity index (χ3v) is 3.83. The fraction of sp³-hybridized carbons (Fsp3) is 0.118. The van der Waals surface area contributed by atoms with Crippen molar-refractivity contribution < 1.29 is 27.7 Å². The zero-order valence-corrected chi connectivity index (χ0v) is 14.4. The Morgan fingerprint density at radius 1 is 1.10 bits per heavy atom. The Labute approximate surface area is 160 Å². The van der Waals surface area contributed by atoms with Gasteiger partial charge in [-0.2, -0.15) is 18.3 Å². The lowest BCUT2D eigenvalue weighted by Crippen LogP contribution is -2.33. The number of hydrogen-bond acceptors (Lipinski definition) is 5. The molecular weight excluding hydrogens is 395 g/mol. The molecular formula is C17H12F3N5O4. The van der Waals surface area contributed by atoms with Crippen LogP contribution in [0.5, 0.6) is 0 Å². The van der Waals surface area contributed by atoms with Crippen molar-refractivity contribution in [2.45, 2.75) is 6.18 Å². The smallest absolute Gasteiger partial charge is 0.343 e. The van der Waals surface area contributed by atoms with Crippen molar-refractivity contribution in [3.05, 3.63) is 63.8 Å². The lowest BCUT2D eigenvalue weighted by atomic mass is 10.1. The quantitative estimate of drug-likeness (QED) is 0.442. The maximum Gasteiger partial charge on any atom is 0.405 e. The first kappa shape index (κ1) is 19.8. The van der Waals surface area contributed by atoms with Crippen molar-refractivity contribution >= 4 is 34.1 Å². The normalized spacial score (nSPS) is 11.3. The van der Waals surface area contributed by atoms with Gasteiger partial charge in [0.05, 0.1) is 10.4 Å². The van der Waals surface area contributed by atoms with Gasteiger partial charge in [0.1, 0.15) is 6.54 Å². The van der Waals surface area contributed by atoms with Crippen LogP contribution in [0, 0.1) is 10.1 Å². The molecule has 2 amide bonds. The van der Waals surface area contributed by atoms with Gasteiger partial charge in [0.25, 0.3) is 17.5 Å². The van der Waals surface area contributed by atoms with Gasteiger partial charge in [0.2, 0.25) is 0 Å². The van der Waals surface area contributed by atoms with Crippen LogP contribution < -0.4 is 10.6 Å². The average Bonchev–Trinajstić information content (AvgIpc) is 3.09. The summed E-state index contributed by atoms with van der Waals surface area (Å²) in [5, 5.41) is 21.8. The molecule has 3 N–H and O–H groups in total. The highest BCUT2D eigenvalue weighted by Gasteiger charge is 2.27. The van der Waals surface area contributed by atoms with E-state index in [0.29, 0.717) is 5.52 Å². The van der Waals surface area contributed by atoms with Crippen molar-refractivity contribution in [2.75, 3.05) is 11.9 Å². The zero-order valence-electron chi connectivity index (χ0n) is 14.4. The molecule has 0 atom stereocenters. The van der Waals surface area contributed by atoms with Crippen LogP contribution in [0.15, 0.2) is 42.5 Å². The second kappa shape index (κ2) is 7.58. The summed E-state index contributed by atoms with van der Waals surface area (Å²) in [6, 6.07) is 9.05. The van der Waals surface area contributed by atoms with Crippen molar-refractivity contribution in [3.63, 3.8) is 0 Å². The van der Waals surface area contributed by atoms with E-state index in [-0.39, 0.29) is 28.0 Å². The van der Waals surface area contributed by atoms with Crippen molar-refractivity contribution in [1.29, 1.82) is 0 Å². The summed E-state index contributed by atoms with van der Waals surface area (Å²) in [4.78, 5) is 34.4. The van der Waals surface area contributed by atoms with Crippen LogP contribution in [0.4, 0.5) is 24.5 Å². The maximum atomic E-state index is 12.4. The number of amides is 2. The van der Waals surface area contributed by atoms with E-state index in [4.69, 9.17) is 0 Å². The lowest BCUT2D eigenvalue weighted by Gasteiger charge is -2.09. The number of nitrogens with one attached hydrogen (secondary N) is 3. The van der Waals surface area contributed by atoms with E-state index < -0.39 is 29.5 Å². The number of aromatic amines is 1. The number of carbonyl (C=O) groups is 2. The monoisotopic (exact) mass is 407 g/mol. The van der Waals surface area contributed by atoms with Crippen molar-refractivity contribution in [2.24, 2.45) is 0 Å². The average molecular weight is 407 g/mol. The highest BCUT2D eigenvalue weighted by molar-refractivity contribution is 6.11. The number of nitro groups is 1. The van der Waals surface area contributed by atoms with Gasteiger partial charge in [-0.1, -0.05) is 0 Å². The van der Waals surface area contributed by atoms with E-state index in [9.17, 15) is 32.9 Å².